The van der Waals surface area contributed by atoms with Gasteiger partial charge >= 0.3 is 0 Å². The van der Waals surface area contributed by atoms with Crippen LogP contribution in [-0.2, 0) is 0 Å². The summed E-state index contributed by atoms with van der Waals surface area (Å²) in [4.78, 5) is 4.44. The van der Waals surface area contributed by atoms with E-state index in [1.807, 2.05) is 30.5 Å². The van der Waals surface area contributed by atoms with Crippen LogP contribution in [0.1, 0.15) is 26.2 Å². The van der Waals surface area contributed by atoms with Gasteiger partial charge in [0.25, 0.3) is 0 Å². The second-order valence-electron chi connectivity index (χ2n) is 5.14. The Kier molecular flexibility index (Phi) is 2.21. The predicted molar refractivity (Wildman–Crippen MR) is 72.0 cm³/mol. The molecule has 1 aromatic carbocycles. The molecule has 3 N–H and O–H groups in total. The maximum atomic E-state index is 5.97. The number of aromatic nitrogens is 1. The summed E-state index contributed by atoms with van der Waals surface area (Å²) in [7, 11) is 0. The monoisotopic (exact) mass is 227 g/mol. The van der Waals surface area contributed by atoms with Gasteiger partial charge < -0.3 is 11.1 Å². The summed E-state index contributed by atoms with van der Waals surface area (Å²) in [6, 6.07) is 7.93. The molecule has 1 fully saturated rings. The lowest BCUT2D eigenvalue weighted by atomic mass is 9.78. The van der Waals surface area contributed by atoms with Gasteiger partial charge in [0.2, 0.25) is 0 Å². The smallest absolute Gasteiger partial charge is 0.0954 e. The summed E-state index contributed by atoms with van der Waals surface area (Å²) in [5, 5.41) is 4.64. The molecule has 3 rings (SSSR count). The van der Waals surface area contributed by atoms with E-state index in [9.17, 15) is 0 Å². The molecule has 0 unspecified atom stereocenters. The van der Waals surface area contributed by atoms with Gasteiger partial charge in [0.15, 0.2) is 0 Å². The summed E-state index contributed by atoms with van der Waals surface area (Å²) in [6.45, 7) is 2.27. The molecule has 1 heterocycles. The zero-order valence-electron chi connectivity index (χ0n) is 10.0. The topological polar surface area (TPSA) is 50.9 Å². The summed E-state index contributed by atoms with van der Waals surface area (Å²) < 4.78 is 0. The number of benzene rings is 1. The highest BCUT2D eigenvalue weighted by atomic mass is 15.0. The van der Waals surface area contributed by atoms with E-state index in [1.165, 1.54) is 19.3 Å². The lowest BCUT2D eigenvalue weighted by Gasteiger charge is -2.40. The zero-order chi connectivity index (χ0) is 11.9. The molecule has 3 heteroatoms. The van der Waals surface area contributed by atoms with Gasteiger partial charge in [-0.1, -0.05) is 0 Å². The highest BCUT2D eigenvalue weighted by molar-refractivity contribution is 5.98. The fraction of sp³-hybridized carbons (Fsp3) is 0.357. The van der Waals surface area contributed by atoms with Gasteiger partial charge in [0.05, 0.1) is 11.2 Å². The first kappa shape index (κ1) is 10.4. The number of fused-ring (bicyclic) bond motifs is 1. The van der Waals surface area contributed by atoms with Crippen molar-refractivity contribution < 1.29 is 0 Å². The average Bonchev–Trinajstić information content (AvgIpc) is 2.31. The minimum absolute atomic E-state index is 0.237. The Hall–Kier alpha value is -1.77. The summed E-state index contributed by atoms with van der Waals surface area (Å²) in [5.41, 5.74) is 9.06. The van der Waals surface area contributed by atoms with E-state index in [0.717, 1.165) is 22.3 Å². The van der Waals surface area contributed by atoms with Crippen LogP contribution >= 0.6 is 0 Å². The Morgan fingerprint density at radius 2 is 2.12 bits per heavy atom. The molecule has 0 bridgehead atoms. The molecule has 88 valence electrons. The number of hydrogen-bond acceptors (Lipinski definition) is 3. The van der Waals surface area contributed by atoms with Gasteiger partial charge in [-0.2, -0.15) is 0 Å². The molecule has 0 saturated heterocycles. The van der Waals surface area contributed by atoms with Gasteiger partial charge in [-0.25, -0.2) is 0 Å². The normalized spacial score (nSPS) is 17.7. The van der Waals surface area contributed by atoms with E-state index in [0.29, 0.717) is 0 Å². The highest BCUT2D eigenvalue weighted by Gasteiger charge is 2.31. The van der Waals surface area contributed by atoms with Crippen molar-refractivity contribution in [2.45, 2.75) is 31.7 Å². The number of hydrogen-bond donors (Lipinski definition) is 2. The first-order valence-electron chi connectivity index (χ1n) is 6.09. The van der Waals surface area contributed by atoms with Crippen LogP contribution in [0, 0.1) is 0 Å². The fourth-order valence-electron chi connectivity index (χ4n) is 2.45. The number of rotatable bonds is 2. The number of nitrogen functional groups attached to an aromatic ring is 1. The third-order valence-corrected chi connectivity index (χ3v) is 3.70. The molecule has 0 aliphatic heterocycles. The maximum Gasteiger partial charge on any atom is 0.0954 e. The van der Waals surface area contributed by atoms with Crippen LogP contribution in [0.15, 0.2) is 30.5 Å². The van der Waals surface area contributed by atoms with Crippen molar-refractivity contribution in [3.8, 4) is 0 Å². The summed E-state index contributed by atoms with van der Waals surface area (Å²) >= 11 is 0. The van der Waals surface area contributed by atoms with Crippen LogP contribution in [0.5, 0.6) is 0 Å². The Bertz CT molecular complexity index is 558. The third kappa shape index (κ3) is 1.71. The summed E-state index contributed by atoms with van der Waals surface area (Å²) in [5.74, 6) is 0. The molecule has 1 aliphatic rings. The van der Waals surface area contributed by atoms with Crippen molar-refractivity contribution in [3.05, 3.63) is 30.5 Å². The SMILES string of the molecule is CC1(Nc2ccc(N)c3cccnc23)CCC1. The van der Waals surface area contributed by atoms with Crippen molar-refractivity contribution in [1.82, 2.24) is 4.98 Å². The number of nitrogens with two attached hydrogens (primary N) is 1. The van der Waals surface area contributed by atoms with Gasteiger partial charge in [0, 0.05) is 22.8 Å². The number of nitrogens with zero attached hydrogens (tertiary/aromatic N) is 1. The van der Waals surface area contributed by atoms with Crippen LogP contribution in [0.4, 0.5) is 11.4 Å². The first-order chi connectivity index (χ1) is 8.18. The predicted octanol–water partition coefficient (Wildman–Crippen LogP) is 3.17. The van der Waals surface area contributed by atoms with Crippen LogP contribution in [0.3, 0.4) is 0 Å². The van der Waals surface area contributed by atoms with Crippen molar-refractivity contribution >= 4 is 22.3 Å². The zero-order valence-corrected chi connectivity index (χ0v) is 10.0. The molecule has 0 radical (unpaired) electrons. The standard InChI is InChI=1S/C14H17N3/c1-14(7-3-8-14)17-12-6-5-11(15)10-4-2-9-16-13(10)12/h2,4-6,9,17H,3,7-8,15H2,1H3. The Morgan fingerprint density at radius 3 is 2.82 bits per heavy atom. The Balaban J connectivity index is 2.07. The van der Waals surface area contributed by atoms with Crippen molar-refractivity contribution in [2.24, 2.45) is 0 Å². The van der Waals surface area contributed by atoms with E-state index in [4.69, 9.17) is 5.73 Å². The van der Waals surface area contributed by atoms with E-state index in [-0.39, 0.29) is 5.54 Å². The van der Waals surface area contributed by atoms with Crippen LogP contribution in [0.2, 0.25) is 0 Å². The molecule has 17 heavy (non-hydrogen) atoms. The number of nitrogens with one attached hydrogen (secondary N) is 1. The Morgan fingerprint density at radius 1 is 1.29 bits per heavy atom. The lowest BCUT2D eigenvalue weighted by Crippen LogP contribution is -2.41. The molecule has 1 aromatic heterocycles. The van der Waals surface area contributed by atoms with Crippen molar-refractivity contribution in [2.75, 3.05) is 11.1 Å². The second-order valence-corrected chi connectivity index (χ2v) is 5.14. The third-order valence-electron chi connectivity index (χ3n) is 3.70. The van der Waals surface area contributed by atoms with Gasteiger partial charge in [-0.05, 0) is 50.5 Å². The molecular formula is C14H17N3. The fourth-order valence-corrected chi connectivity index (χ4v) is 2.45. The highest BCUT2D eigenvalue weighted by Crippen LogP contribution is 2.37. The largest absolute Gasteiger partial charge is 0.398 e. The molecule has 3 nitrogen and oxygen atoms in total. The molecule has 0 atom stereocenters. The van der Waals surface area contributed by atoms with E-state index in [1.54, 1.807) is 0 Å². The van der Waals surface area contributed by atoms with Crippen LogP contribution in [-0.4, -0.2) is 10.5 Å². The number of pyridine rings is 1. The van der Waals surface area contributed by atoms with Gasteiger partial charge in [-0.3, -0.25) is 4.98 Å². The lowest BCUT2D eigenvalue weighted by molar-refractivity contribution is 0.307. The number of anilines is 2. The first-order valence-corrected chi connectivity index (χ1v) is 6.09. The van der Waals surface area contributed by atoms with Gasteiger partial charge in [0.1, 0.15) is 0 Å². The molecular weight excluding hydrogens is 210 g/mol. The van der Waals surface area contributed by atoms with Crippen molar-refractivity contribution in [3.63, 3.8) is 0 Å². The average molecular weight is 227 g/mol. The minimum Gasteiger partial charge on any atom is -0.398 e. The summed E-state index contributed by atoms with van der Waals surface area (Å²) in [6.07, 6.45) is 5.58. The molecule has 0 amide bonds. The van der Waals surface area contributed by atoms with E-state index in [2.05, 4.69) is 17.2 Å². The second kappa shape index (κ2) is 3.62. The molecule has 1 aliphatic carbocycles. The van der Waals surface area contributed by atoms with Crippen LogP contribution < -0.4 is 11.1 Å². The maximum absolute atomic E-state index is 5.97. The quantitative estimate of drug-likeness (QED) is 0.775. The molecule has 0 spiro atoms. The van der Waals surface area contributed by atoms with Crippen LogP contribution in [0.25, 0.3) is 10.9 Å². The van der Waals surface area contributed by atoms with Crippen molar-refractivity contribution in [1.29, 1.82) is 0 Å². The minimum atomic E-state index is 0.237. The molecule has 2 aromatic rings. The van der Waals surface area contributed by atoms with E-state index < -0.39 is 0 Å². The van der Waals surface area contributed by atoms with Gasteiger partial charge in [-0.15, -0.1) is 0 Å². The van der Waals surface area contributed by atoms with E-state index >= 15 is 0 Å². The molecule has 1 saturated carbocycles. The Labute approximate surface area is 101 Å².